The van der Waals surface area contributed by atoms with Crippen LogP contribution in [0.5, 0.6) is 0 Å². The van der Waals surface area contributed by atoms with E-state index in [1.165, 1.54) is 12.8 Å². The Labute approximate surface area is 156 Å². The zero-order valence-electron chi connectivity index (χ0n) is 14.5. The quantitative estimate of drug-likeness (QED) is 0.781. The summed E-state index contributed by atoms with van der Waals surface area (Å²) in [4.78, 5) is 12.2. The molecule has 1 N–H and O–H groups in total. The summed E-state index contributed by atoms with van der Waals surface area (Å²) < 4.78 is 8.61. The Kier molecular flexibility index (Phi) is 6.26. The van der Waals surface area contributed by atoms with Crippen LogP contribution in [0, 0.1) is 5.92 Å². The Morgan fingerprint density at radius 1 is 1.32 bits per heavy atom. The van der Waals surface area contributed by atoms with Crippen LogP contribution in [-0.2, 0) is 16.1 Å². The highest BCUT2D eigenvalue weighted by molar-refractivity contribution is 9.10. The first kappa shape index (κ1) is 18.1. The molecule has 1 heterocycles. The largest absolute Gasteiger partial charge is 0.368 e. The zero-order chi connectivity index (χ0) is 17.6. The molecule has 0 aliphatic heterocycles. The normalized spacial score (nSPS) is 20.4. The van der Waals surface area contributed by atoms with Gasteiger partial charge in [0.25, 0.3) is 5.91 Å². The fraction of sp³-hybridized carbons (Fsp3) is 0.474. The second kappa shape index (κ2) is 8.63. The molecule has 0 radical (unpaired) electrons. The van der Waals surface area contributed by atoms with Crippen molar-refractivity contribution < 1.29 is 9.53 Å². The van der Waals surface area contributed by atoms with Gasteiger partial charge in [0.1, 0.15) is 12.4 Å². The fourth-order valence-electron chi connectivity index (χ4n) is 3.23. The van der Waals surface area contributed by atoms with Crippen LogP contribution >= 0.6 is 15.9 Å². The van der Waals surface area contributed by atoms with Gasteiger partial charge in [-0.2, -0.15) is 5.10 Å². The van der Waals surface area contributed by atoms with Gasteiger partial charge in [0.15, 0.2) is 0 Å². The Morgan fingerprint density at radius 2 is 2.12 bits per heavy atom. The zero-order valence-corrected chi connectivity index (χ0v) is 16.0. The van der Waals surface area contributed by atoms with Crippen molar-refractivity contribution in [1.82, 2.24) is 9.78 Å². The lowest BCUT2D eigenvalue weighted by atomic mass is 9.89. The first-order valence-electron chi connectivity index (χ1n) is 8.78. The van der Waals surface area contributed by atoms with Crippen molar-refractivity contribution in [3.8, 4) is 0 Å². The molecule has 0 bridgehead atoms. The molecule has 1 saturated carbocycles. The number of nitrogens with one attached hydrogen (secondary N) is 1. The first-order chi connectivity index (χ1) is 12.1. The topological polar surface area (TPSA) is 56.1 Å². The molecule has 2 aromatic rings. The van der Waals surface area contributed by atoms with Crippen molar-refractivity contribution >= 4 is 27.7 Å². The minimum atomic E-state index is -0.129. The second-order valence-electron chi connectivity index (χ2n) is 6.75. The molecule has 0 spiro atoms. The molecule has 1 aromatic heterocycles. The van der Waals surface area contributed by atoms with Crippen LogP contribution < -0.4 is 5.32 Å². The molecule has 134 valence electrons. The fourth-order valence-corrected chi connectivity index (χ4v) is 3.49. The van der Waals surface area contributed by atoms with Crippen LogP contribution in [0.1, 0.15) is 38.2 Å². The predicted octanol–water partition coefficient (Wildman–Crippen LogP) is 4.23. The lowest BCUT2D eigenvalue weighted by Gasteiger charge is -2.26. The smallest absolute Gasteiger partial charge is 0.251 e. The molecule has 25 heavy (non-hydrogen) atoms. The third-order valence-corrected chi connectivity index (χ3v) is 5.10. The molecular weight excluding hydrogens is 382 g/mol. The van der Waals surface area contributed by atoms with E-state index >= 15 is 0 Å². The van der Waals surface area contributed by atoms with Crippen molar-refractivity contribution in [2.45, 2.75) is 45.3 Å². The van der Waals surface area contributed by atoms with Crippen molar-refractivity contribution in [3.63, 3.8) is 0 Å². The summed E-state index contributed by atoms with van der Waals surface area (Å²) in [7, 11) is 0. The Hall–Kier alpha value is -1.66. The molecule has 2 atom stereocenters. The molecule has 1 aliphatic carbocycles. The Morgan fingerprint density at radius 3 is 2.88 bits per heavy atom. The molecule has 2 unspecified atom stereocenters. The number of benzene rings is 1. The predicted molar refractivity (Wildman–Crippen MR) is 101 cm³/mol. The molecule has 1 aromatic carbocycles. The van der Waals surface area contributed by atoms with Gasteiger partial charge in [0.2, 0.25) is 0 Å². The van der Waals surface area contributed by atoms with E-state index in [0.29, 0.717) is 18.3 Å². The van der Waals surface area contributed by atoms with Gasteiger partial charge in [0.05, 0.1) is 18.8 Å². The van der Waals surface area contributed by atoms with Crippen LogP contribution in [0.3, 0.4) is 0 Å². The SMILES string of the molecule is CC1CCCC(OCC(=O)Nc2ccnn2Cc2ccc(Br)cc2)C1. The van der Waals surface area contributed by atoms with E-state index in [-0.39, 0.29) is 18.6 Å². The summed E-state index contributed by atoms with van der Waals surface area (Å²) >= 11 is 3.43. The van der Waals surface area contributed by atoms with Crippen molar-refractivity contribution in [1.29, 1.82) is 0 Å². The maximum atomic E-state index is 12.2. The summed E-state index contributed by atoms with van der Waals surface area (Å²) in [5, 5.41) is 7.20. The summed E-state index contributed by atoms with van der Waals surface area (Å²) in [6, 6.07) is 9.86. The third-order valence-electron chi connectivity index (χ3n) is 4.57. The monoisotopic (exact) mass is 405 g/mol. The number of rotatable bonds is 6. The van der Waals surface area contributed by atoms with Crippen LogP contribution in [-0.4, -0.2) is 28.4 Å². The Bertz CT molecular complexity index is 699. The van der Waals surface area contributed by atoms with Gasteiger partial charge in [0, 0.05) is 10.5 Å². The maximum Gasteiger partial charge on any atom is 0.251 e. The average molecular weight is 406 g/mol. The second-order valence-corrected chi connectivity index (χ2v) is 7.67. The highest BCUT2D eigenvalue weighted by atomic mass is 79.9. The summed E-state index contributed by atoms with van der Waals surface area (Å²) in [6.45, 7) is 2.95. The van der Waals surface area contributed by atoms with Crippen LogP contribution in [0.25, 0.3) is 0 Å². The van der Waals surface area contributed by atoms with E-state index < -0.39 is 0 Å². The van der Waals surface area contributed by atoms with Crippen molar-refractivity contribution in [2.24, 2.45) is 5.92 Å². The minimum Gasteiger partial charge on any atom is -0.368 e. The number of anilines is 1. The highest BCUT2D eigenvalue weighted by Gasteiger charge is 2.20. The molecule has 1 amide bonds. The van der Waals surface area contributed by atoms with Gasteiger partial charge in [-0.15, -0.1) is 0 Å². The standard InChI is InChI=1S/C19H24BrN3O2/c1-14-3-2-4-17(11-14)25-13-19(24)22-18-9-10-21-23(18)12-15-5-7-16(20)8-6-15/h5-10,14,17H,2-4,11-13H2,1H3,(H,22,24). The van der Waals surface area contributed by atoms with E-state index in [9.17, 15) is 4.79 Å². The molecule has 6 heteroatoms. The van der Waals surface area contributed by atoms with Gasteiger partial charge in [-0.3, -0.25) is 4.79 Å². The van der Waals surface area contributed by atoms with Crippen LogP contribution in [0.15, 0.2) is 41.0 Å². The molecule has 3 rings (SSSR count). The van der Waals surface area contributed by atoms with Gasteiger partial charge in [-0.1, -0.05) is 47.8 Å². The number of hydrogen-bond acceptors (Lipinski definition) is 3. The van der Waals surface area contributed by atoms with E-state index in [2.05, 4.69) is 33.3 Å². The van der Waals surface area contributed by atoms with Crippen molar-refractivity contribution in [2.75, 3.05) is 11.9 Å². The first-order valence-corrected chi connectivity index (χ1v) is 9.57. The van der Waals surface area contributed by atoms with Gasteiger partial charge < -0.3 is 10.1 Å². The third kappa shape index (κ3) is 5.41. The number of ether oxygens (including phenoxy) is 1. The van der Waals surface area contributed by atoms with E-state index in [1.54, 1.807) is 16.9 Å². The molecule has 0 saturated heterocycles. The number of nitrogens with zero attached hydrogens (tertiary/aromatic N) is 2. The minimum absolute atomic E-state index is 0.0981. The van der Waals surface area contributed by atoms with Crippen molar-refractivity contribution in [3.05, 3.63) is 46.6 Å². The lowest BCUT2D eigenvalue weighted by Crippen LogP contribution is -2.27. The molecule has 1 fully saturated rings. The van der Waals surface area contributed by atoms with Gasteiger partial charge in [-0.05, 0) is 36.5 Å². The number of carbonyl (C=O) groups is 1. The lowest BCUT2D eigenvalue weighted by molar-refractivity contribution is -0.123. The molecular formula is C19H24BrN3O2. The van der Waals surface area contributed by atoms with E-state index in [0.717, 1.165) is 22.9 Å². The van der Waals surface area contributed by atoms with E-state index in [1.807, 2.05) is 24.3 Å². The number of carbonyl (C=O) groups excluding carboxylic acids is 1. The average Bonchev–Trinajstić information content (AvgIpc) is 3.02. The van der Waals surface area contributed by atoms with Gasteiger partial charge in [-0.25, -0.2) is 4.68 Å². The van der Waals surface area contributed by atoms with Crippen LogP contribution in [0.4, 0.5) is 5.82 Å². The maximum absolute atomic E-state index is 12.2. The number of aromatic nitrogens is 2. The number of amides is 1. The number of halogens is 1. The number of hydrogen-bond donors (Lipinski definition) is 1. The van der Waals surface area contributed by atoms with E-state index in [4.69, 9.17) is 4.74 Å². The molecule has 5 nitrogen and oxygen atoms in total. The summed E-state index contributed by atoms with van der Waals surface area (Å²) in [5.41, 5.74) is 1.12. The highest BCUT2D eigenvalue weighted by Crippen LogP contribution is 2.25. The van der Waals surface area contributed by atoms with Crippen LogP contribution in [0.2, 0.25) is 0 Å². The van der Waals surface area contributed by atoms with Gasteiger partial charge >= 0.3 is 0 Å². The summed E-state index contributed by atoms with van der Waals surface area (Å²) in [5.74, 6) is 1.25. The summed E-state index contributed by atoms with van der Waals surface area (Å²) in [6.07, 6.45) is 6.46. The Balaban J connectivity index is 1.51. The molecule has 1 aliphatic rings.